The van der Waals surface area contributed by atoms with Crippen molar-refractivity contribution in [2.24, 2.45) is 0 Å². The van der Waals surface area contributed by atoms with Gasteiger partial charge in [0.25, 0.3) is 0 Å². The maximum absolute atomic E-state index is 13.0. The van der Waals surface area contributed by atoms with Crippen molar-refractivity contribution in [3.63, 3.8) is 0 Å². The number of hydrogen-bond acceptors (Lipinski definition) is 14. The number of rotatable bonds is 38. The zero-order valence-electron chi connectivity index (χ0n) is 37.9. The first-order valence-electron chi connectivity index (χ1n) is 23.1. The third-order valence-corrected chi connectivity index (χ3v) is 11.9. The molecule has 0 bridgehead atoms. The van der Waals surface area contributed by atoms with E-state index in [1.807, 2.05) is 12.2 Å². The molecule has 1 aliphatic rings. The lowest BCUT2D eigenvalue weighted by atomic mass is 9.85. The molecule has 370 valence electrons. The van der Waals surface area contributed by atoms with Gasteiger partial charge in [0.05, 0.1) is 6.61 Å². The van der Waals surface area contributed by atoms with E-state index in [-0.39, 0.29) is 18.6 Å². The molecule has 0 radical (unpaired) electrons. The minimum absolute atomic E-state index is 0.0116. The fourth-order valence-corrected chi connectivity index (χ4v) is 8.22. The first-order chi connectivity index (χ1) is 30.5. The summed E-state index contributed by atoms with van der Waals surface area (Å²) in [5, 5.41) is 41.2. The molecule has 1 rings (SSSR count). The standard InChI is InChI=1S/C45H78O17P2/c1-3-5-7-8-9-10-11-12-13-14-15-18-21-24-28-32-38(47)58-34-37(60-39(48)33-29-25-22-19-16-17-20-23-27-31-36(46)30-26-6-4-2)35-59-64(56,57)62-45-42(51)40(49)41(50)44(43(45)52)61-63(53,54)55/h9-10,12-13,20,23,27,31,37,40-45,49-52H,3-8,11,14-19,21-22,24-26,28-30,32-35H2,1-2H3,(H,56,57)(H2,53,54,55)/b10-9-,13-12-,23-20-,31-27+/t37-,40?,41?,42?,43?,44-,45+/m1/s1. The van der Waals surface area contributed by atoms with Gasteiger partial charge in [-0.15, -0.1) is 0 Å². The Kier molecular flexibility index (Phi) is 33.3. The van der Waals surface area contributed by atoms with Crippen LogP contribution in [0.4, 0.5) is 0 Å². The second kappa shape index (κ2) is 35.8. The number of phosphoric acid groups is 2. The molecule has 19 heteroatoms. The maximum Gasteiger partial charge on any atom is 0.472 e. The fraction of sp³-hybridized carbons (Fsp3) is 0.756. The van der Waals surface area contributed by atoms with E-state index in [4.69, 9.17) is 28.3 Å². The molecular formula is C45H78O17P2. The van der Waals surface area contributed by atoms with Crippen LogP contribution in [0.3, 0.4) is 0 Å². The highest BCUT2D eigenvalue weighted by atomic mass is 31.2. The van der Waals surface area contributed by atoms with Crippen molar-refractivity contribution in [3.8, 4) is 0 Å². The van der Waals surface area contributed by atoms with Crippen LogP contribution in [-0.4, -0.2) is 109 Å². The van der Waals surface area contributed by atoms with Gasteiger partial charge in [0.2, 0.25) is 0 Å². The van der Waals surface area contributed by atoms with Crippen LogP contribution in [0.1, 0.15) is 162 Å². The van der Waals surface area contributed by atoms with Gasteiger partial charge >= 0.3 is 27.6 Å². The zero-order chi connectivity index (χ0) is 47.6. The molecule has 0 spiro atoms. The summed E-state index contributed by atoms with van der Waals surface area (Å²) in [6.45, 7) is 2.88. The summed E-state index contributed by atoms with van der Waals surface area (Å²) in [4.78, 5) is 66.0. The minimum Gasteiger partial charge on any atom is -0.462 e. The third-order valence-electron chi connectivity index (χ3n) is 10.4. The van der Waals surface area contributed by atoms with Crippen LogP contribution in [-0.2, 0) is 46.6 Å². The molecular weight excluding hydrogens is 874 g/mol. The van der Waals surface area contributed by atoms with Gasteiger partial charge in [-0.1, -0.05) is 121 Å². The summed E-state index contributed by atoms with van der Waals surface area (Å²) >= 11 is 0. The van der Waals surface area contributed by atoms with Crippen molar-refractivity contribution in [3.05, 3.63) is 48.6 Å². The first-order valence-corrected chi connectivity index (χ1v) is 26.2. The summed E-state index contributed by atoms with van der Waals surface area (Å²) in [5.74, 6) is -1.16. The topological polar surface area (TPSA) is 273 Å². The molecule has 0 aromatic carbocycles. The van der Waals surface area contributed by atoms with Crippen LogP contribution in [0.2, 0.25) is 0 Å². The summed E-state index contributed by atoms with van der Waals surface area (Å²) in [7, 11) is -10.7. The molecule has 1 aliphatic carbocycles. The van der Waals surface area contributed by atoms with E-state index in [0.717, 1.165) is 89.9 Å². The van der Waals surface area contributed by atoms with E-state index in [9.17, 15) is 48.8 Å². The number of carbonyl (C=O) groups excluding carboxylic acids is 3. The predicted molar refractivity (Wildman–Crippen MR) is 242 cm³/mol. The molecule has 0 aromatic heterocycles. The van der Waals surface area contributed by atoms with E-state index in [1.54, 1.807) is 12.2 Å². The van der Waals surface area contributed by atoms with Crippen LogP contribution in [0.25, 0.3) is 0 Å². The molecule has 0 amide bonds. The highest BCUT2D eigenvalue weighted by Gasteiger charge is 2.54. The summed E-state index contributed by atoms with van der Waals surface area (Å²) < 4.78 is 49.2. The lowest BCUT2D eigenvalue weighted by Gasteiger charge is -2.43. The van der Waals surface area contributed by atoms with Gasteiger partial charge in [0.1, 0.15) is 43.2 Å². The Bertz CT molecular complexity index is 1490. The van der Waals surface area contributed by atoms with Crippen molar-refractivity contribution in [2.45, 2.75) is 204 Å². The lowest BCUT2D eigenvalue weighted by Crippen LogP contribution is -2.64. The number of unbranched alkanes of at least 4 members (excludes halogenated alkanes) is 15. The van der Waals surface area contributed by atoms with E-state index in [0.29, 0.717) is 25.7 Å². The smallest absolute Gasteiger partial charge is 0.462 e. The third kappa shape index (κ3) is 30.0. The van der Waals surface area contributed by atoms with Crippen molar-refractivity contribution < 1.29 is 81.7 Å². The summed E-state index contributed by atoms with van der Waals surface area (Å²) in [6, 6.07) is 0. The molecule has 8 atom stereocenters. The number of aliphatic hydroxyl groups is 4. The average molecular weight is 953 g/mol. The zero-order valence-corrected chi connectivity index (χ0v) is 39.7. The van der Waals surface area contributed by atoms with Crippen LogP contribution >= 0.6 is 15.6 Å². The minimum atomic E-state index is -5.38. The average Bonchev–Trinajstić information content (AvgIpc) is 3.24. The van der Waals surface area contributed by atoms with E-state index in [1.165, 1.54) is 19.3 Å². The number of allylic oxidation sites excluding steroid dienone is 8. The van der Waals surface area contributed by atoms with Crippen molar-refractivity contribution in [2.75, 3.05) is 13.2 Å². The van der Waals surface area contributed by atoms with Crippen molar-refractivity contribution in [1.82, 2.24) is 0 Å². The van der Waals surface area contributed by atoms with Gasteiger partial charge in [0.15, 0.2) is 11.9 Å². The molecule has 0 aliphatic heterocycles. The number of ketones is 1. The van der Waals surface area contributed by atoms with Gasteiger partial charge in [-0.3, -0.25) is 28.0 Å². The Morgan fingerprint density at radius 2 is 1.05 bits per heavy atom. The second-order valence-electron chi connectivity index (χ2n) is 16.2. The summed E-state index contributed by atoms with van der Waals surface area (Å²) in [5.41, 5.74) is 0. The highest BCUT2D eigenvalue weighted by Crippen LogP contribution is 2.49. The van der Waals surface area contributed by atoms with Crippen LogP contribution in [0.5, 0.6) is 0 Å². The molecule has 5 unspecified atom stereocenters. The predicted octanol–water partition coefficient (Wildman–Crippen LogP) is 7.68. The largest absolute Gasteiger partial charge is 0.472 e. The van der Waals surface area contributed by atoms with Gasteiger partial charge in [-0.25, -0.2) is 9.13 Å². The normalized spacial score (nSPS) is 22.1. The van der Waals surface area contributed by atoms with E-state index < -0.39 is 83.5 Å². The molecule has 1 fully saturated rings. The number of ether oxygens (including phenoxy) is 2. The number of phosphoric ester groups is 2. The molecule has 0 aromatic rings. The number of hydrogen-bond donors (Lipinski definition) is 7. The van der Waals surface area contributed by atoms with E-state index >= 15 is 0 Å². The number of esters is 2. The first kappa shape index (κ1) is 59.6. The molecule has 0 saturated heterocycles. The van der Waals surface area contributed by atoms with Crippen LogP contribution in [0, 0.1) is 0 Å². The van der Waals surface area contributed by atoms with Gasteiger partial charge in [0, 0.05) is 19.3 Å². The van der Waals surface area contributed by atoms with Gasteiger partial charge in [-0.2, -0.15) is 0 Å². The lowest BCUT2D eigenvalue weighted by molar-refractivity contribution is -0.216. The quantitative estimate of drug-likeness (QED) is 0.00780. The number of carbonyl (C=O) groups is 3. The van der Waals surface area contributed by atoms with Crippen molar-refractivity contribution in [1.29, 1.82) is 0 Å². The maximum atomic E-state index is 13.0. The molecule has 7 N–H and O–H groups in total. The van der Waals surface area contributed by atoms with Crippen LogP contribution in [0.15, 0.2) is 48.6 Å². The monoisotopic (exact) mass is 952 g/mol. The molecule has 17 nitrogen and oxygen atoms in total. The Balaban J connectivity index is 2.65. The number of aliphatic hydroxyl groups excluding tert-OH is 4. The summed E-state index contributed by atoms with van der Waals surface area (Å²) in [6.07, 6.45) is 20.5. The Morgan fingerprint density at radius 3 is 1.64 bits per heavy atom. The fourth-order valence-electron chi connectivity index (χ4n) is 6.68. The molecule has 0 heterocycles. The van der Waals surface area contributed by atoms with E-state index in [2.05, 4.69) is 42.7 Å². The molecule has 64 heavy (non-hydrogen) atoms. The van der Waals surface area contributed by atoms with Crippen molar-refractivity contribution >= 4 is 33.4 Å². The van der Waals surface area contributed by atoms with Gasteiger partial charge < -0.3 is 44.6 Å². The van der Waals surface area contributed by atoms with Crippen LogP contribution < -0.4 is 0 Å². The Labute approximate surface area is 380 Å². The second-order valence-corrected chi connectivity index (χ2v) is 18.7. The van der Waals surface area contributed by atoms with Gasteiger partial charge in [-0.05, 0) is 70.3 Å². The Hall–Kier alpha value is -2.37. The Morgan fingerprint density at radius 1 is 0.547 bits per heavy atom. The highest BCUT2D eigenvalue weighted by molar-refractivity contribution is 7.47. The molecule has 1 saturated carbocycles. The SMILES string of the molecule is CCCCC/C=C\C/C=C\CCCCCCCC(=O)OC[C@H](COP(=O)(O)O[C@H]1C(O)C(O)C(O)[C@@H](OP(=O)(O)O)C1O)OC(=O)CCCCCCC/C=C\C=C\C(=O)CCCCC.